The third kappa shape index (κ3) is 12.1. The van der Waals surface area contributed by atoms with E-state index in [1.54, 1.807) is 0 Å². The van der Waals surface area contributed by atoms with Gasteiger partial charge in [0.05, 0.1) is 45.7 Å². The largest absolute Gasteiger partial charge is 0.394 e. The van der Waals surface area contributed by atoms with Gasteiger partial charge < -0.3 is 168 Å². The fourth-order valence-electron chi connectivity index (χ4n) is 10.6. The van der Waals surface area contributed by atoms with Crippen LogP contribution in [0.1, 0.15) is 13.3 Å². The summed E-state index contributed by atoms with van der Waals surface area (Å²) >= 11 is 0. The van der Waals surface area contributed by atoms with Gasteiger partial charge in [-0.05, 0) is 6.42 Å². The third-order valence-corrected chi connectivity index (χ3v) is 15.0. The molecule has 0 aromatic carbocycles. The Morgan fingerprint density at radius 2 is 0.325 bits per heavy atom. The van der Waals surface area contributed by atoms with Gasteiger partial charge in [-0.15, -0.1) is 0 Å². The molecule has 0 aliphatic carbocycles. The highest BCUT2D eigenvalue weighted by Crippen LogP contribution is 2.39. The summed E-state index contributed by atoms with van der Waals surface area (Å²) < 4.78 is 80.3. The molecule has 21 fully saturated rings. The van der Waals surface area contributed by atoms with Crippen LogP contribution in [0.4, 0.5) is 0 Å². The first-order valence-electron chi connectivity index (χ1n) is 25.0. The number of hydrogen-bond acceptors (Lipinski definition) is 34. The Labute approximate surface area is 435 Å². The van der Waals surface area contributed by atoms with E-state index >= 15 is 0 Å². The van der Waals surface area contributed by atoms with Crippen LogP contribution in [0, 0.1) is 0 Å². The normalized spacial score (nSPS) is 55.4. The number of aliphatic hydroxyl groups is 20. The zero-order valence-corrected chi connectivity index (χ0v) is 40.8. The minimum Gasteiger partial charge on any atom is -0.394 e. The van der Waals surface area contributed by atoms with Crippen LogP contribution in [0.25, 0.3) is 0 Å². The van der Waals surface area contributed by atoms with Crippen LogP contribution in [0.15, 0.2) is 0 Å². The van der Waals surface area contributed by atoms with Gasteiger partial charge in [0.1, 0.15) is 165 Å². The number of hydrogen-bond donors (Lipinski definition) is 20. The van der Waals surface area contributed by atoms with E-state index in [1.165, 1.54) is 6.92 Å². The second-order valence-corrected chi connectivity index (χ2v) is 19.9. The van der Waals surface area contributed by atoms with E-state index in [-0.39, 0.29) is 6.42 Å². The highest BCUT2D eigenvalue weighted by molar-refractivity contribution is 5.01. The molecule has 21 aliphatic heterocycles. The van der Waals surface area contributed by atoms with Crippen molar-refractivity contribution in [3.63, 3.8) is 0 Å². The zero-order valence-electron chi connectivity index (χ0n) is 40.8. The summed E-state index contributed by atoms with van der Waals surface area (Å²) in [4.78, 5) is 0. The van der Waals surface area contributed by atoms with E-state index in [2.05, 4.69) is 0 Å². The van der Waals surface area contributed by atoms with Crippen LogP contribution >= 0.6 is 0 Å². The van der Waals surface area contributed by atoms with Gasteiger partial charge in [-0.2, -0.15) is 0 Å². The van der Waals surface area contributed by atoms with E-state index in [4.69, 9.17) is 66.3 Å². The van der Waals surface area contributed by atoms with Crippen molar-refractivity contribution in [2.24, 2.45) is 0 Å². The molecule has 21 rings (SSSR count). The van der Waals surface area contributed by atoms with Crippen molar-refractivity contribution in [3.05, 3.63) is 0 Å². The minimum atomic E-state index is -2.20. The molecule has 20 N–H and O–H groups in total. The number of rotatable bonds is 7. The molecule has 448 valence electrons. The maximum absolute atomic E-state index is 11.4. The maximum atomic E-state index is 11.4. The molecule has 21 aliphatic rings. The molecular weight excluding hydrogens is 1060 g/mol. The number of aliphatic hydroxyl groups excluding tert-OH is 20. The predicted octanol–water partition coefficient (Wildman–Crippen LogP) is -13.8. The first-order valence-corrected chi connectivity index (χ1v) is 25.0. The van der Waals surface area contributed by atoms with Crippen LogP contribution in [0.5, 0.6) is 0 Å². The SMILES string of the molecule is CCC1O[C@H]2O[C@@H]3C(CO)O[C@H](O[C@@H]4C(CO)O[C@@H](O[C@@H]5C(CO)O[C@H](O[C@@H]6C(CO)O[C@H](O[C@@H]7C(CO)O[C@H](O[C@@H]8C(CO)O[C@@H](O[C@H]1C(O)C2O)C(O)C8O)C(O)C7O)C(O)C6O)C(O)C5O)C(O)C4O)C(O)C3O. The summed E-state index contributed by atoms with van der Waals surface area (Å²) in [6, 6.07) is 0. The van der Waals surface area contributed by atoms with Gasteiger partial charge in [-0.3, -0.25) is 0 Å². The standard InChI is InChI=1S/C43H72O34/c1-2-9-30-16(50)23(57)37(64-9)72-31-10(3-44)66-39(25(59)18(31)52)74-33-12(5-46)68-41(27(61)20(33)54)76-35-14(7-48)70-43(29(63)22(35)56)77-36-15(8-49)69-42(28(62)21(36)55)75-34-13(6-47)67-40(26(60)19(34)53)73-32-11(4-45)65-38(71-30)24(58)17(32)51/h9-63H,2-8H2,1H3/t9?,10?,11?,12?,13?,14?,15?,16?,17?,18?,19?,20?,21?,22?,23?,24?,25?,26?,27?,28?,29?,30-,31-,32-,33-,34-,35-,36-,37+,38+,39-,40-,41+,42-,43-/m1/s1. The van der Waals surface area contributed by atoms with Crippen LogP contribution in [-0.2, 0) is 66.3 Å². The van der Waals surface area contributed by atoms with Gasteiger partial charge in [0.15, 0.2) is 44.0 Å². The molecule has 0 spiro atoms. The van der Waals surface area contributed by atoms with Gasteiger partial charge in [-0.25, -0.2) is 0 Å². The van der Waals surface area contributed by atoms with E-state index in [0.29, 0.717) is 0 Å². The summed E-state index contributed by atoms with van der Waals surface area (Å²) in [7, 11) is 0. The molecule has 34 nitrogen and oxygen atoms in total. The second-order valence-electron chi connectivity index (χ2n) is 19.9. The van der Waals surface area contributed by atoms with Gasteiger partial charge in [0, 0.05) is 0 Å². The fourth-order valence-corrected chi connectivity index (χ4v) is 10.6. The first-order chi connectivity index (χ1) is 36.7. The van der Waals surface area contributed by atoms with Gasteiger partial charge in [-0.1, -0.05) is 6.92 Å². The summed E-state index contributed by atoms with van der Waals surface area (Å²) in [6.45, 7) is -4.59. The molecule has 77 heavy (non-hydrogen) atoms. The Balaban J connectivity index is 1.08. The first kappa shape index (κ1) is 61.7. The van der Waals surface area contributed by atoms with Gasteiger partial charge >= 0.3 is 0 Å². The third-order valence-electron chi connectivity index (χ3n) is 15.0. The van der Waals surface area contributed by atoms with E-state index in [9.17, 15) is 102 Å². The number of ether oxygens (including phenoxy) is 14. The Morgan fingerprint density at radius 3 is 0.455 bits per heavy atom. The highest BCUT2D eigenvalue weighted by atomic mass is 16.8. The van der Waals surface area contributed by atoms with Crippen molar-refractivity contribution in [1.82, 2.24) is 0 Å². The average molecular weight is 1130 g/mol. The van der Waals surface area contributed by atoms with Crippen LogP contribution in [0.2, 0.25) is 0 Å². The summed E-state index contributed by atoms with van der Waals surface area (Å²) in [6.07, 6.45) is -68.1. The van der Waals surface area contributed by atoms with Crippen molar-refractivity contribution in [1.29, 1.82) is 0 Å². The quantitative estimate of drug-likeness (QED) is 0.113. The molecule has 0 amide bonds. The van der Waals surface area contributed by atoms with E-state index < -0.39 is 255 Å². The van der Waals surface area contributed by atoms with Crippen LogP contribution in [-0.4, -0.2) is 357 Å². The molecule has 0 aromatic heterocycles. The lowest BCUT2D eigenvalue weighted by Crippen LogP contribution is -2.68. The van der Waals surface area contributed by atoms with Crippen molar-refractivity contribution < 1.29 is 168 Å². The monoisotopic (exact) mass is 1130 g/mol. The Morgan fingerprint density at radius 1 is 0.195 bits per heavy atom. The lowest BCUT2D eigenvalue weighted by molar-refractivity contribution is -0.396. The van der Waals surface area contributed by atoms with Crippen LogP contribution in [0.3, 0.4) is 0 Å². The molecule has 0 radical (unpaired) electrons. The smallest absolute Gasteiger partial charge is 0.187 e. The minimum absolute atomic E-state index is 0.0468. The second kappa shape index (κ2) is 26.1. The maximum Gasteiger partial charge on any atom is 0.187 e. The molecular formula is C43H72O34. The van der Waals surface area contributed by atoms with Crippen molar-refractivity contribution >= 4 is 0 Å². The molecule has 35 atom stereocenters. The van der Waals surface area contributed by atoms with Crippen molar-refractivity contribution in [2.75, 3.05) is 39.6 Å². The lowest BCUT2D eigenvalue weighted by atomic mass is 9.94. The Bertz CT molecular complexity index is 1470. The lowest BCUT2D eigenvalue weighted by Gasteiger charge is -2.50. The molecule has 21 heterocycles. The molecule has 14 bridgehead atoms. The molecule has 21 saturated heterocycles. The molecule has 0 saturated carbocycles. The Kier molecular flexibility index (Phi) is 20.9. The van der Waals surface area contributed by atoms with E-state index in [1.807, 2.05) is 0 Å². The molecule has 21 unspecified atom stereocenters. The van der Waals surface area contributed by atoms with E-state index in [0.717, 1.165) is 0 Å². The summed E-state index contributed by atoms with van der Waals surface area (Å²) in [5, 5.41) is 221. The highest BCUT2D eigenvalue weighted by Gasteiger charge is 2.59. The summed E-state index contributed by atoms with van der Waals surface area (Å²) in [5.41, 5.74) is 0. The van der Waals surface area contributed by atoms with Gasteiger partial charge in [0.25, 0.3) is 0 Å². The van der Waals surface area contributed by atoms with Gasteiger partial charge in [0.2, 0.25) is 0 Å². The van der Waals surface area contributed by atoms with Crippen LogP contribution < -0.4 is 0 Å². The summed E-state index contributed by atoms with van der Waals surface area (Å²) in [5.74, 6) is 0. The topological polar surface area (TPSA) is 534 Å². The van der Waals surface area contributed by atoms with Crippen molar-refractivity contribution in [3.8, 4) is 0 Å². The fraction of sp³-hybridized carbons (Fsp3) is 1.00. The molecule has 34 heteroatoms. The molecule has 0 aromatic rings. The zero-order chi connectivity index (χ0) is 56.1. The average Bonchev–Trinajstić information content (AvgIpc) is 3.47. The Hall–Kier alpha value is -1.36. The predicted molar refractivity (Wildman–Crippen MR) is 232 cm³/mol. The van der Waals surface area contributed by atoms with Crippen molar-refractivity contribution in [2.45, 2.75) is 228 Å².